The summed E-state index contributed by atoms with van der Waals surface area (Å²) in [6.07, 6.45) is 5.11. The SMILES string of the molecule is CCOC(=O)C(CC)OC1CC2CCC(C1)N2. The normalized spacial score (nSPS) is 33.4. The fourth-order valence-corrected chi connectivity index (χ4v) is 2.90. The molecule has 0 aliphatic carbocycles. The fourth-order valence-electron chi connectivity index (χ4n) is 2.90. The summed E-state index contributed by atoms with van der Waals surface area (Å²) < 4.78 is 10.9. The number of carbonyl (C=O) groups excluding carboxylic acids is 1. The van der Waals surface area contributed by atoms with Crippen LogP contribution in [-0.4, -0.2) is 36.9 Å². The molecule has 0 aromatic carbocycles. The van der Waals surface area contributed by atoms with E-state index in [1.54, 1.807) is 0 Å². The second-order valence-corrected chi connectivity index (χ2v) is 5.02. The molecule has 4 nitrogen and oxygen atoms in total. The average Bonchev–Trinajstić information content (AvgIpc) is 2.66. The third kappa shape index (κ3) is 3.19. The number of ether oxygens (including phenoxy) is 2. The zero-order valence-electron chi connectivity index (χ0n) is 10.8. The van der Waals surface area contributed by atoms with Gasteiger partial charge in [-0.05, 0) is 39.0 Å². The molecule has 0 radical (unpaired) electrons. The second kappa shape index (κ2) is 5.83. The Bertz CT molecular complexity index is 257. The van der Waals surface area contributed by atoms with Crippen molar-refractivity contribution in [2.45, 2.75) is 70.2 Å². The van der Waals surface area contributed by atoms with Crippen molar-refractivity contribution in [3.63, 3.8) is 0 Å². The van der Waals surface area contributed by atoms with Crippen LogP contribution in [-0.2, 0) is 14.3 Å². The van der Waals surface area contributed by atoms with Crippen molar-refractivity contribution in [3.05, 3.63) is 0 Å². The number of hydrogen-bond acceptors (Lipinski definition) is 4. The Labute approximate surface area is 103 Å². The molecular formula is C13H23NO3. The van der Waals surface area contributed by atoms with Crippen LogP contribution in [0.3, 0.4) is 0 Å². The van der Waals surface area contributed by atoms with Crippen molar-refractivity contribution >= 4 is 5.97 Å². The van der Waals surface area contributed by atoms with Crippen LogP contribution >= 0.6 is 0 Å². The first kappa shape index (κ1) is 12.8. The Morgan fingerprint density at radius 2 is 1.94 bits per heavy atom. The van der Waals surface area contributed by atoms with Gasteiger partial charge >= 0.3 is 5.97 Å². The van der Waals surface area contributed by atoms with Gasteiger partial charge in [0.25, 0.3) is 0 Å². The summed E-state index contributed by atoms with van der Waals surface area (Å²) in [4.78, 5) is 11.7. The van der Waals surface area contributed by atoms with E-state index in [4.69, 9.17) is 9.47 Å². The summed E-state index contributed by atoms with van der Waals surface area (Å²) in [6.45, 7) is 4.23. The zero-order valence-corrected chi connectivity index (χ0v) is 10.8. The van der Waals surface area contributed by atoms with E-state index < -0.39 is 0 Å². The van der Waals surface area contributed by atoms with E-state index in [0.29, 0.717) is 25.1 Å². The molecule has 17 heavy (non-hydrogen) atoms. The zero-order chi connectivity index (χ0) is 12.3. The molecule has 2 aliphatic heterocycles. The largest absolute Gasteiger partial charge is 0.464 e. The minimum atomic E-state index is -0.377. The number of esters is 1. The predicted molar refractivity (Wildman–Crippen MR) is 64.8 cm³/mol. The first-order valence-electron chi connectivity index (χ1n) is 6.81. The van der Waals surface area contributed by atoms with E-state index in [9.17, 15) is 4.79 Å². The molecule has 2 heterocycles. The van der Waals surface area contributed by atoms with E-state index >= 15 is 0 Å². The van der Waals surface area contributed by atoms with Gasteiger partial charge in [-0.1, -0.05) is 6.92 Å². The Balaban J connectivity index is 1.84. The van der Waals surface area contributed by atoms with Gasteiger partial charge in [-0.15, -0.1) is 0 Å². The third-order valence-electron chi connectivity index (χ3n) is 3.71. The van der Waals surface area contributed by atoms with Crippen LogP contribution in [0.15, 0.2) is 0 Å². The molecule has 2 bridgehead atoms. The van der Waals surface area contributed by atoms with Crippen LogP contribution in [0.5, 0.6) is 0 Å². The minimum Gasteiger partial charge on any atom is -0.464 e. The second-order valence-electron chi connectivity index (χ2n) is 5.02. The number of fused-ring (bicyclic) bond motifs is 2. The third-order valence-corrected chi connectivity index (χ3v) is 3.71. The quantitative estimate of drug-likeness (QED) is 0.743. The summed E-state index contributed by atoms with van der Waals surface area (Å²) in [5.41, 5.74) is 0. The van der Waals surface area contributed by atoms with Gasteiger partial charge in [-0.2, -0.15) is 0 Å². The Morgan fingerprint density at radius 3 is 2.47 bits per heavy atom. The highest BCUT2D eigenvalue weighted by atomic mass is 16.6. The van der Waals surface area contributed by atoms with Gasteiger partial charge in [0.2, 0.25) is 0 Å². The number of piperidine rings is 1. The molecule has 0 spiro atoms. The van der Waals surface area contributed by atoms with Crippen LogP contribution in [0.4, 0.5) is 0 Å². The van der Waals surface area contributed by atoms with Crippen LogP contribution in [0.2, 0.25) is 0 Å². The van der Waals surface area contributed by atoms with E-state index in [1.807, 2.05) is 13.8 Å². The van der Waals surface area contributed by atoms with Gasteiger partial charge in [0.15, 0.2) is 6.10 Å². The lowest BCUT2D eigenvalue weighted by Crippen LogP contribution is -2.43. The molecular weight excluding hydrogens is 218 g/mol. The molecule has 1 N–H and O–H groups in total. The van der Waals surface area contributed by atoms with Crippen molar-refractivity contribution in [2.24, 2.45) is 0 Å². The number of carbonyl (C=O) groups is 1. The fraction of sp³-hybridized carbons (Fsp3) is 0.923. The Morgan fingerprint density at radius 1 is 1.29 bits per heavy atom. The standard InChI is InChI=1S/C13H23NO3/c1-3-12(13(15)16-4-2)17-11-7-9-5-6-10(8-11)14-9/h9-12,14H,3-8H2,1-2H3. The monoisotopic (exact) mass is 241 g/mol. The van der Waals surface area contributed by atoms with Gasteiger partial charge in [0, 0.05) is 12.1 Å². The maximum absolute atomic E-state index is 11.7. The highest BCUT2D eigenvalue weighted by molar-refractivity contribution is 5.74. The Kier molecular flexibility index (Phi) is 4.40. The smallest absolute Gasteiger partial charge is 0.335 e. The van der Waals surface area contributed by atoms with Crippen molar-refractivity contribution in [2.75, 3.05) is 6.61 Å². The van der Waals surface area contributed by atoms with E-state index in [2.05, 4.69) is 5.32 Å². The molecule has 3 atom stereocenters. The first-order chi connectivity index (χ1) is 8.22. The number of rotatable bonds is 5. The van der Waals surface area contributed by atoms with Crippen LogP contribution in [0.1, 0.15) is 46.0 Å². The van der Waals surface area contributed by atoms with Crippen LogP contribution in [0, 0.1) is 0 Å². The van der Waals surface area contributed by atoms with Gasteiger partial charge in [-0.25, -0.2) is 4.79 Å². The maximum Gasteiger partial charge on any atom is 0.335 e. The lowest BCUT2D eigenvalue weighted by atomic mass is 10.0. The highest BCUT2D eigenvalue weighted by Crippen LogP contribution is 2.29. The molecule has 3 unspecified atom stereocenters. The molecule has 2 aliphatic rings. The minimum absolute atomic E-state index is 0.208. The first-order valence-corrected chi connectivity index (χ1v) is 6.81. The summed E-state index contributed by atoms with van der Waals surface area (Å²) in [5.74, 6) is -0.208. The molecule has 0 amide bonds. The molecule has 2 rings (SSSR count). The average molecular weight is 241 g/mol. The number of nitrogens with one attached hydrogen (secondary N) is 1. The van der Waals surface area contributed by atoms with Crippen LogP contribution < -0.4 is 5.32 Å². The summed E-state index contributed by atoms with van der Waals surface area (Å²) >= 11 is 0. The van der Waals surface area contributed by atoms with E-state index in [0.717, 1.165) is 12.8 Å². The van der Waals surface area contributed by atoms with Gasteiger partial charge in [0.05, 0.1) is 12.7 Å². The topological polar surface area (TPSA) is 47.6 Å². The number of hydrogen-bond donors (Lipinski definition) is 1. The van der Waals surface area contributed by atoms with Crippen molar-refractivity contribution in [1.82, 2.24) is 5.32 Å². The van der Waals surface area contributed by atoms with Crippen molar-refractivity contribution < 1.29 is 14.3 Å². The Hall–Kier alpha value is -0.610. The van der Waals surface area contributed by atoms with Crippen LogP contribution in [0.25, 0.3) is 0 Å². The predicted octanol–water partition coefficient (Wildman–Crippen LogP) is 1.63. The summed E-state index contributed by atoms with van der Waals surface area (Å²) in [5, 5.41) is 3.57. The molecule has 0 aromatic heterocycles. The summed E-state index contributed by atoms with van der Waals surface area (Å²) in [7, 11) is 0. The van der Waals surface area contributed by atoms with Gasteiger partial charge in [0.1, 0.15) is 0 Å². The maximum atomic E-state index is 11.7. The van der Waals surface area contributed by atoms with Gasteiger partial charge in [-0.3, -0.25) is 0 Å². The lowest BCUT2D eigenvalue weighted by Gasteiger charge is -2.31. The molecule has 98 valence electrons. The molecule has 2 saturated heterocycles. The van der Waals surface area contributed by atoms with E-state index in [1.165, 1.54) is 12.8 Å². The lowest BCUT2D eigenvalue weighted by molar-refractivity contribution is -0.162. The highest BCUT2D eigenvalue weighted by Gasteiger charge is 2.35. The molecule has 2 fully saturated rings. The molecule has 4 heteroatoms. The van der Waals surface area contributed by atoms with E-state index in [-0.39, 0.29) is 18.2 Å². The van der Waals surface area contributed by atoms with Gasteiger partial charge < -0.3 is 14.8 Å². The summed E-state index contributed by atoms with van der Waals surface area (Å²) in [6, 6.07) is 1.19. The molecule has 0 saturated carbocycles. The van der Waals surface area contributed by atoms with Crippen molar-refractivity contribution in [3.8, 4) is 0 Å². The molecule has 0 aromatic rings. The van der Waals surface area contributed by atoms with Crippen molar-refractivity contribution in [1.29, 1.82) is 0 Å².